The number of imide groups is 2. The van der Waals surface area contributed by atoms with Gasteiger partial charge in [-0.1, -0.05) is 72.9 Å². The van der Waals surface area contributed by atoms with E-state index in [0.717, 1.165) is 16.9 Å². The van der Waals surface area contributed by atoms with E-state index in [4.69, 9.17) is 0 Å². The molecule has 36 heavy (non-hydrogen) atoms. The van der Waals surface area contributed by atoms with E-state index in [1.165, 1.54) is 22.6 Å². The number of carbonyl (C=O) groups excluding carboxylic acids is 4. The normalized spacial score (nSPS) is 20.1. The number of hydrogen-bond donors (Lipinski definition) is 0. The molecule has 2 atom stereocenters. The third-order valence-electron chi connectivity index (χ3n) is 6.01. The highest BCUT2D eigenvalue weighted by Crippen LogP contribution is 2.39. The van der Waals surface area contributed by atoms with Gasteiger partial charge in [-0.05, 0) is 51.0 Å². The first-order chi connectivity index (χ1) is 17.2. The average molecular weight is 483 g/mol. The highest BCUT2D eigenvalue weighted by molar-refractivity contribution is 6.28. The van der Waals surface area contributed by atoms with Gasteiger partial charge in [0.15, 0.2) is 0 Å². The van der Waals surface area contributed by atoms with Gasteiger partial charge in [-0.2, -0.15) is 0 Å². The monoisotopic (exact) mass is 482 g/mol. The fourth-order valence-corrected chi connectivity index (χ4v) is 4.10. The van der Waals surface area contributed by atoms with Crippen LogP contribution in [0.25, 0.3) is 0 Å². The fourth-order valence-electron chi connectivity index (χ4n) is 4.10. The summed E-state index contributed by atoms with van der Waals surface area (Å²) in [6, 6.07) is 18.1. The number of fused-ring (bicyclic) bond motifs is 1. The second-order valence-corrected chi connectivity index (χ2v) is 8.78. The van der Waals surface area contributed by atoms with Crippen LogP contribution in [0.5, 0.6) is 0 Å². The maximum Gasteiger partial charge on any atom is 0.258 e. The van der Waals surface area contributed by atoms with E-state index in [9.17, 15) is 19.2 Å². The predicted octanol–water partition coefficient (Wildman–Crippen LogP) is 5.40. The molecule has 2 unspecified atom stereocenters. The minimum Gasteiger partial charge on any atom is -0.274 e. The van der Waals surface area contributed by atoms with E-state index in [2.05, 4.69) is 19.2 Å². The zero-order chi connectivity index (χ0) is 26.2. The molecule has 5 rings (SSSR count). The third kappa shape index (κ3) is 6.02. The molecule has 184 valence electrons. The lowest BCUT2D eigenvalue weighted by atomic mass is 9.82. The lowest BCUT2D eigenvalue weighted by Crippen LogP contribution is -2.30. The molecule has 1 fully saturated rings. The molecule has 1 aliphatic carbocycles. The van der Waals surface area contributed by atoms with Crippen molar-refractivity contribution >= 4 is 35.0 Å². The Kier molecular flexibility index (Phi) is 8.68. The van der Waals surface area contributed by atoms with Gasteiger partial charge in [0.1, 0.15) is 0 Å². The molecule has 0 aromatic heterocycles. The summed E-state index contributed by atoms with van der Waals surface area (Å²) >= 11 is 0. The van der Waals surface area contributed by atoms with Crippen LogP contribution < -0.4 is 9.80 Å². The van der Waals surface area contributed by atoms with Gasteiger partial charge in [0.25, 0.3) is 11.8 Å². The van der Waals surface area contributed by atoms with Gasteiger partial charge in [0.2, 0.25) is 11.8 Å². The smallest absolute Gasteiger partial charge is 0.258 e. The summed E-state index contributed by atoms with van der Waals surface area (Å²) in [4.78, 5) is 49.6. The van der Waals surface area contributed by atoms with Gasteiger partial charge >= 0.3 is 0 Å². The van der Waals surface area contributed by atoms with Gasteiger partial charge in [-0.3, -0.25) is 24.1 Å². The van der Waals surface area contributed by atoms with Crippen molar-refractivity contribution in [1.29, 1.82) is 0 Å². The highest BCUT2D eigenvalue weighted by atomic mass is 16.2. The molecule has 4 amide bonds. The second-order valence-electron chi connectivity index (χ2n) is 8.78. The van der Waals surface area contributed by atoms with Gasteiger partial charge in [0.05, 0.1) is 23.2 Å². The first-order valence-electron chi connectivity index (χ1n) is 11.7. The number of benzene rings is 2. The van der Waals surface area contributed by atoms with Crippen LogP contribution in [-0.2, 0) is 19.2 Å². The molecular formula is C30H30N2O4. The largest absolute Gasteiger partial charge is 0.274 e. The number of hydrogen-bond acceptors (Lipinski definition) is 4. The minimum atomic E-state index is -0.281. The first kappa shape index (κ1) is 26.3. The standard InChI is InChI=1S/C15H15NO2.C10H7NO2.C5H8/c1-10-7-8-12-13(9-10)15(18)16(14(12)17)11-5-3-2-4-6-11;12-9-6-7-10(13)11(9)8-4-2-1-3-5-8;1-4-5(2)3/h2-7,12-13H,8-9H2,1H3;1-7H;4H,1-2H2,3H3. The van der Waals surface area contributed by atoms with Gasteiger partial charge in [-0.25, -0.2) is 4.90 Å². The molecule has 0 bridgehead atoms. The van der Waals surface area contributed by atoms with Crippen molar-refractivity contribution in [2.24, 2.45) is 11.8 Å². The van der Waals surface area contributed by atoms with Crippen molar-refractivity contribution in [1.82, 2.24) is 0 Å². The molecule has 0 spiro atoms. The molecule has 2 aromatic rings. The molecule has 1 saturated heterocycles. The topological polar surface area (TPSA) is 74.8 Å². The zero-order valence-corrected chi connectivity index (χ0v) is 20.6. The SMILES string of the molecule is C=CC(=C)C.CC1=CCC2C(=O)N(c3ccccc3)C(=O)C2C1.O=C1C=CC(=O)N1c1ccccc1. The molecule has 2 heterocycles. The molecular weight excluding hydrogens is 452 g/mol. The van der Waals surface area contributed by atoms with Gasteiger partial charge < -0.3 is 0 Å². The van der Waals surface area contributed by atoms with E-state index in [0.29, 0.717) is 17.8 Å². The van der Waals surface area contributed by atoms with E-state index in [-0.39, 0.29) is 35.5 Å². The molecule has 2 aliphatic heterocycles. The van der Waals surface area contributed by atoms with Crippen LogP contribution in [0.2, 0.25) is 0 Å². The molecule has 6 nitrogen and oxygen atoms in total. The van der Waals surface area contributed by atoms with Crippen molar-refractivity contribution in [2.45, 2.75) is 26.7 Å². The number of carbonyl (C=O) groups is 4. The van der Waals surface area contributed by atoms with Crippen LogP contribution in [0.4, 0.5) is 11.4 Å². The number of nitrogens with zero attached hydrogens (tertiary/aromatic N) is 2. The number of anilines is 2. The van der Waals surface area contributed by atoms with Crippen LogP contribution in [0.15, 0.2) is 109 Å². The number of rotatable bonds is 3. The Morgan fingerprint density at radius 3 is 1.72 bits per heavy atom. The summed E-state index contributed by atoms with van der Waals surface area (Å²) in [6.07, 6.45) is 7.77. The van der Waals surface area contributed by atoms with Crippen molar-refractivity contribution in [3.8, 4) is 0 Å². The molecule has 6 heteroatoms. The van der Waals surface area contributed by atoms with E-state index >= 15 is 0 Å². The third-order valence-corrected chi connectivity index (χ3v) is 6.01. The molecule has 0 N–H and O–H groups in total. The maximum atomic E-state index is 12.4. The minimum absolute atomic E-state index is 0.0383. The van der Waals surface area contributed by atoms with Gasteiger partial charge in [-0.15, -0.1) is 0 Å². The van der Waals surface area contributed by atoms with E-state index < -0.39 is 0 Å². The quantitative estimate of drug-likeness (QED) is 0.334. The molecule has 2 aromatic carbocycles. The summed E-state index contributed by atoms with van der Waals surface area (Å²) in [5.74, 6) is -0.944. The van der Waals surface area contributed by atoms with Crippen LogP contribution in [0, 0.1) is 11.8 Å². The van der Waals surface area contributed by atoms with E-state index in [1.807, 2.05) is 50.2 Å². The fraction of sp³-hybridized carbons (Fsp3) is 0.200. The van der Waals surface area contributed by atoms with Crippen LogP contribution >= 0.6 is 0 Å². The predicted molar refractivity (Wildman–Crippen MR) is 142 cm³/mol. The van der Waals surface area contributed by atoms with Crippen LogP contribution in [-0.4, -0.2) is 23.6 Å². The lowest BCUT2D eigenvalue weighted by Gasteiger charge is -2.18. The number of allylic oxidation sites excluding steroid dienone is 4. The van der Waals surface area contributed by atoms with Crippen molar-refractivity contribution in [3.05, 3.63) is 109 Å². The van der Waals surface area contributed by atoms with Crippen LogP contribution in [0.3, 0.4) is 0 Å². The van der Waals surface area contributed by atoms with Crippen molar-refractivity contribution in [3.63, 3.8) is 0 Å². The van der Waals surface area contributed by atoms with E-state index in [1.54, 1.807) is 30.3 Å². The zero-order valence-electron chi connectivity index (χ0n) is 20.6. The molecule has 3 aliphatic rings. The Labute approximate surface area is 211 Å². The number of amides is 4. The summed E-state index contributed by atoms with van der Waals surface area (Å²) in [5, 5.41) is 0. The Morgan fingerprint density at radius 2 is 1.25 bits per heavy atom. The van der Waals surface area contributed by atoms with Crippen molar-refractivity contribution in [2.75, 3.05) is 9.80 Å². The maximum absolute atomic E-state index is 12.4. The number of para-hydroxylation sites is 2. The summed E-state index contributed by atoms with van der Waals surface area (Å²) in [7, 11) is 0. The molecule has 0 saturated carbocycles. The Bertz CT molecular complexity index is 1210. The second kappa shape index (κ2) is 11.9. The lowest BCUT2D eigenvalue weighted by molar-refractivity contribution is -0.123. The Balaban J connectivity index is 0.000000176. The van der Waals surface area contributed by atoms with Crippen LogP contribution in [0.1, 0.15) is 26.7 Å². The first-order valence-corrected chi connectivity index (χ1v) is 11.7. The summed E-state index contributed by atoms with van der Waals surface area (Å²) in [5.41, 5.74) is 3.54. The summed E-state index contributed by atoms with van der Waals surface area (Å²) in [6.45, 7) is 11.0. The Morgan fingerprint density at radius 1 is 0.806 bits per heavy atom. The summed E-state index contributed by atoms with van der Waals surface area (Å²) < 4.78 is 0. The highest BCUT2D eigenvalue weighted by Gasteiger charge is 2.48. The Hall–Kier alpha value is -4.32. The van der Waals surface area contributed by atoms with Crippen molar-refractivity contribution < 1.29 is 19.2 Å². The molecule has 0 radical (unpaired) electrons. The van der Waals surface area contributed by atoms with Gasteiger partial charge in [0, 0.05) is 12.2 Å². The average Bonchev–Trinajstić information content (AvgIpc) is 3.35.